The predicted octanol–water partition coefficient (Wildman–Crippen LogP) is 3.47. The summed E-state index contributed by atoms with van der Waals surface area (Å²) in [5.41, 5.74) is 1.35. The van der Waals surface area contributed by atoms with Gasteiger partial charge in [-0.05, 0) is 42.3 Å². The topological polar surface area (TPSA) is 75.3 Å². The summed E-state index contributed by atoms with van der Waals surface area (Å²) >= 11 is 11.8. The molecule has 128 valence electrons. The van der Waals surface area contributed by atoms with Gasteiger partial charge in [0.2, 0.25) is 15.9 Å². The predicted molar refractivity (Wildman–Crippen MR) is 96.1 cm³/mol. The molecule has 0 aliphatic carbocycles. The summed E-state index contributed by atoms with van der Waals surface area (Å²) in [6.07, 6.45) is 0.816. The van der Waals surface area contributed by atoms with E-state index in [1.807, 2.05) is 6.92 Å². The van der Waals surface area contributed by atoms with Gasteiger partial charge in [0.15, 0.2) is 0 Å². The molecule has 0 aliphatic heterocycles. The number of carbonyl (C=O) groups is 1. The molecule has 5 nitrogen and oxygen atoms in total. The second-order valence-electron chi connectivity index (χ2n) is 4.99. The van der Waals surface area contributed by atoms with E-state index >= 15 is 0 Å². The molecule has 2 aromatic rings. The molecule has 8 heteroatoms. The molecule has 0 aliphatic rings. The Bertz CT molecular complexity index is 837. The lowest BCUT2D eigenvalue weighted by Crippen LogP contribution is -2.33. The number of rotatable bonds is 6. The third kappa shape index (κ3) is 4.95. The normalized spacial score (nSPS) is 11.3. The molecule has 2 rings (SSSR count). The summed E-state index contributed by atoms with van der Waals surface area (Å²) in [7, 11) is -3.76. The van der Waals surface area contributed by atoms with Gasteiger partial charge < -0.3 is 5.32 Å². The van der Waals surface area contributed by atoms with Gasteiger partial charge in [0.25, 0.3) is 0 Å². The molecule has 0 unspecified atom stereocenters. The van der Waals surface area contributed by atoms with Crippen LogP contribution in [0.25, 0.3) is 0 Å². The molecule has 2 aromatic carbocycles. The lowest BCUT2D eigenvalue weighted by molar-refractivity contribution is -0.115. The number of hydrogen-bond acceptors (Lipinski definition) is 3. The molecule has 0 spiro atoms. The van der Waals surface area contributed by atoms with Crippen molar-refractivity contribution in [2.24, 2.45) is 0 Å². The van der Waals surface area contributed by atoms with Crippen LogP contribution in [0.2, 0.25) is 10.0 Å². The van der Waals surface area contributed by atoms with Crippen molar-refractivity contribution in [1.82, 2.24) is 4.72 Å². The van der Waals surface area contributed by atoms with Gasteiger partial charge in [-0.1, -0.05) is 42.3 Å². The van der Waals surface area contributed by atoms with E-state index in [1.165, 1.54) is 18.2 Å². The summed E-state index contributed by atoms with van der Waals surface area (Å²) in [4.78, 5) is 12.0. The highest BCUT2D eigenvalue weighted by Crippen LogP contribution is 2.25. The van der Waals surface area contributed by atoms with Gasteiger partial charge in [0.05, 0.1) is 22.2 Å². The SMILES string of the molecule is CCc1ccc(S(=O)(=O)NCC(=O)Nc2cc(Cl)ccc2Cl)cc1. The lowest BCUT2D eigenvalue weighted by Gasteiger charge is -2.09. The molecule has 0 atom stereocenters. The van der Waals surface area contributed by atoms with E-state index in [0.717, 1.165) is 12.0 Å². The fourth-order valence-electron chi connectivity index (χ4n) is 1.94. The van der Waals surface area contributed by atoms with E-state index in [1.54, 1.807) is 24.3 Å². The first-order valence-corrected chi connectivity index (χ1v) is 9.39. The summed E-state index contributed by atoms with van der Waals surface area (Å²) in [5.74, 6) is -0.548. The van der Waals surface area contributed by atoms with E-state index in [2.05, 4.69) is 10.0 Å². The number of amides is 1. The van der Waals surface area contributed by atoms with Crippen molar-refractivity contribution in [2.75, 3.05) is 11.9 Å². The van der Waals surface area contributed by atoms with Gasteiger partial charge in [-0.2, -0.15) is 0 Å². The molecular formula is C16H16Cl2N2O3S. The Morgan fingerprint density at radius 1 is 1.08 bits per heavy atom. The number of aryl methyl sites for hydroxylation is 1. The average molecular weight is 387 g/mol. The maximum Gasteiger partial charge on any atom is 0.241 e. The van der Waals surface area contributed by atoms with Gasteiger partial charge in [-0.25, -0.2) is 13.1 Å². The van der Waals surface area contributed by atoms with Crippen LogP contribution >= 0.6 is 23.2 Å². The van der Waals surface area contributed by atoms with Crippen LogP contribution in [0.1, 0.15) is 12.5 Å². The average Bonchev–Trinajstić information content (AvgIpc) is 2.56. The second kappa shape index (κ2) is 7.98. The van der Waals surface area contributed by atoms with E-state index < -0.39 is 22.5 Å². The van der Waals surface area contributed by atoms with Gasteiger partial charge >= 0.3 is 0 Å². The largest absolute Gasteiger partial charge is 0.324 e. The van der Waals surface area contributed by atoms with Crippen LogP contribution in [-0.4, -0.2) is 20.9 Å². The molecule has 0 saturated heterocycles. The van der Waals surface area contributed by atoms with E-state index in [-0.39, 0.29) is 4.90 Å². The van der Waals surface area contributed by atoms with Crippen LogP contribution in [0.15, 0.2) is 47.4 Å². The first-order chi connectivity index (χ1) is 11.3. The zero-order chi connectivity index (χ0) is 17.7. The summed E-state index contributed by atoms with van der Waals surface area (Å²) < 4.78 is 26.6. The Kier molecular flexibility index (Phi) is 6.23. The maximum absolute atomic E-state index is 12.2. The van der Waals surface area contributed by atoms with Crippen molar-refractivity contribution in [3.8, 4) is 0 Å². The van der Waals surface area contributed by atoms with Gasteiger partial charge in [0, 0.05) is 5.02 Å². The molecule has 0 aromatic heterocycles. The lowest BCUT2D eigenvalue weighted by atomic mass is 10.2. The fraction of sp³-hybridized carbons (Fsp3) is 0.188. The van der Waals surface area contributed by atoms with Crippen molar-refractivity contribution >= 4 is 44.8 Å². The van der Waals surface area contributed by atoms with Gasteiger partial charge in [0.1, 0.15) is 0 Å². The van der Waals surface area contributed by atoms with Crippen LogP contribution < -0.4 is 10.0 Å². The first kappa shape index (κ1) is 18.7. The Balaban J connectivity index is 2.00. The van der Waals surface area contributed by atoms with Gasteiger partial charge in [-0.3, -0.25) is 4.79 Å². The Morgan fingerprint density at radius 3 is 2.38 bits per heavy atom. The quantitative estimate of drug-likeness (QED) is 0.797. The highest BCUT2D eigenvalue weighted by Gasteiger charge is 2.16. The smallest absolute Gasteiger partial charge is 0.241 e. The van der Waals surface area contributed by atoms with Crippen molar-refractivity contribution < 1.29 is 13.2 Å². The zero-order valence-electron chi connectivity index (χ0n) is 12.8. The van der Waals surface area contributed by atoms with Crippen LogP contribution in [0.4, 0.5) is 5.69 Å². The van der Waals surface area contributed by atoms with Crippen LogP contribution in [0.5, 0.6) is 0 Å². The van der Waals surface area contributed by atoms with Gasteiger partial charge in [-0.15, -0.1) is 0 Å². The second-order valence-corrected chi connectivity index (χ2v) is 7.60. The Morgan fingerprint density at radius 2 is 1.75 bits per heavy atom. The summed E-state index contributed by atoms with van der Waals surface area (Å²) in [6, 6.07) is 11.1. The van der Waals surface area contributed by atoms with Crippen LogP contribution in [0, 0.1) is 0 Å². The van der Waals surface area contributed by atoms with E-state index in [0.29, 0.717) is 15.7 Å². The highest BCUT2D eigenvalue weighted by atomic mass is 35.5. The molecule has 0 radical (unpaired) electrons. The summed E-state index contributed by atoms with van der Waals surface area (Å²) in [5, 5.41) is 3.23. The van der Waals surface area contributed by atoms with Crippen molar-refractivity contribution in [3.63, 3.8) is 0 Å². The van der Waals surface area contributed by atoms with Crippen molar-refractivity contribution in [2.45, 2.75) is 18.2 Å². The molecule has 0 heterocycles. The molecule has 2 N–H and O–H groups in total. The number of halogens is 2. The molecule has 1 amide bonds. The van der Waals surface area contributed by atoms with Crippen molar-refractivity contribution in [1.29, 1.82) is 0 Å². The molecule has 0 bridgehead atoms. The maximum atomic E-state index is 12.2. The standard InChI is InChI=1S/C16H16Cl2N2O3S/c1-2-11-3-6-13(7-4-11)24(22,23)19-10-16(21)20-15-9-12(17)5-8-14(15)18/h3-9,19H,2,10H2,1H3,(H,20,21). The van der Waals surface area contributed by atoms with E-state index in [4.69, 9.17) is 23.2 Å². The molecule has 0 saturated carbocycles. The third-order valence-electron chi connectivity index (χ3n) is 3.27. The minimum atomic E-state index is -3.76. The third-order valence-corrected chi connectivity index (χ3v) is 5.25. The van der Waals surface area contributed by atoms with Crippen LogP contribution in [0.3, 0.4) is 0 Å². The fourth-order valence-corrected chi connectivity index (χ4v) is 3.25. The number of nitrogens with one attached hydrogen (secondary N) is 2. The number of benzene rings is 2. The van der Waals surface area contributed by atoms with E-state index in [9.17, 15) is 13.2 Å². The minimum Gasteiger partial charge on any atom is -0.324 e. The highest BCUT2D eigenvalue weighted by molar-refractivity contribution is 7.89. The monoisotopic (exact) mass is 386 g/mol. The molecule has 0 fully saturated rings. The number of anilines is 1. The molecule has 24 heavy (non-hydrogen) atoms. The summed E-state index contributed by atoms with van der Waals surface area (Å²) in [6.45, 7) is 1.56. The number of hydrogen-bond donors (Lipinski definition) is 2. The number of sulfonamides is 1. The Labute approximate surface area is 151 Å². The number of carbonyl (C=O) groups excluding carboxylic acids is 1. The van der Waals surface area contributed by atoms with Crippen LogP contribution in [-0.2, 0) is 21.2 Å². The Hall–Kier alpha value is -1.60. The first-order valence-electron chi connectivity index (χ1n) is 7.15. The zero-order valence-corrected chi connectivity index (χ0v) is 15.2. The van der Waals surface area contributed by atoms with Crippen molar-refractivity contribution in [3.05, 3.63) is 58.1 Å². The molecular weight excluding hydrogens is 371 g/mol. The minimum absolute atomic E-state index is 0.105.